The summed E-state index contributed by atoms with van der Waals surface area (Å²) in [6, 6.07) is 0. The van der Waals surface area contributed by atoms with Gasteiger partial charge in [-0.25, -0.2) is 19.2 Å². The fourth-order valence-electron chi connectivity index (χ4n) is 0.649. The number of hydrogen-bond acceptors (Lipinski definition) is 8. The molecule has 10 heteroatoms. The van der Waals surface area contributed by atoms with Crippen molar-refractivity contribution >= 4 is 69.1 Å². The van der Waals surface area contributed by atoms with E-state index in [1.54, 1.807) is 52.1 Å². The zero-order chi connectivity index (χ0) is 18.1. The molecular weight excluding hydrogens is 538 g/mol. The standard InChI is InChI=1S/C7H7IO4.C6H5IO4/c1-2-11-6(9)7(10)12-5-3-4-8;1-10-5(8)6(9)11-4-2-3-7/h2,5H2,1H3;4H2,1H3. The molecule has 23 heavy (non-hydrogen) atoms. The molecule has 0 aliphatic heterocycles. The highest BCUT2D eigenvalue weighted by atomic mass is 127. The van der Waals surface area contributed by atoms with Crippen molar-refractivity contribution in [2.45, 2.75) is 6.92 Å². The van der Waals surface area contributed by atoms with Crippen LogP contribution in [0.25, 0.3) is 0 Å². The second-order valence-corrected chi connectivity index (χ2v) is 3.99. The highest BCUT2D eigenvalue weighted by Crippen LogP contribution is 1.84. The van der Waals surface area contributed by atoms with Crippen LogP contribution in [0.1, 0.15) is 6.92 Å². The lowest BCUT2D eigenvalue weighted by Crippen LogP contribution is -2.20. The number of esters is 4. The third-order valence-corrected chi connectivity index (χ3v) is 2.24. The average molecular weight is 550 g/mol. The highest BCUT2D eigenvalue weighted by Gasteiger charge is 2.15. The van der Waals surface area contributed by atoms with Gasteiger partial charge in [0.1, 0.15) is 0 Å². The molecule has 0 bridgehead atoms. The molecule has 0 saturated carbocycles. The van der Waals surface area contributed by atoms with E-state index in [0.29, 0.717) is 0 Å². The molecule has 0 saturated heterocycles. The van der Waals surface area contributed by atoms with Gasteiger partial charge in [0, 0.05) is 45.2 Å². The van der Waals surface area contributed by atoms with Gasteiger partial charge in [0.15, 0.2) is 13.2 Å². The number of hydrogen-bond donors (Lipinski definition) is 0. The van der Waals surface area contributed by atoms with Crippen LogP contribution in [0.3, 0.4) is 0 Å². The van der Waals surface area contributed by atoms with Crippen molar-refractivity contribution in [2.24, 2.45) is 0 Å². The molecule has 0 unspecified atom stereocenters. The summed E-state index contributed by atoms with van der Waals surface area (Å²) < 4.78 is 22.2. The first-order chi connectivity index (χ1) is 10.9. The Morgan fingerprint density at radius 2 is 1.17 bits per heavy atom. The van der Waals surface area contributed by atoms with Crippen molar-refractivity contribution in [3.8, 4) is 19.7 Å². The number of carbonyl (C=O) groups is 4. The topological polar surface area (TPSA) is 105 Å². The summed E-state index contributed by atoms with van der Waals surface area (Å²) >= 11 is 3.59. The molecule has 0 spiro atoms. The third kappa shape index (κ3) is 15.1. The summed E-state index contributed by atoms with van der Waals surface area (Å²) in [6.45, 7) is 1.60. The molecule has 0 aromatic carbocycles. The average Bonchev–Trinajstić information content (AvgIpc) is 2.55. The van der Waals surface area contributed by atoms with Crippen molar-refractivity contribution in [3.63, 3.8) is 0 Å². The van der Waals surface area contributed by atoms with Crippen molar-refractivity contribution in [1.29, 1.82) is 0 Å². The first-order valence-corrected chi connectivity index (χ1v) is 7.86. The Hall–Kier alpha value is -1.54. The minimum Gasteiger partial charge on any atom is -0.461 e. The van der Waals surface area contributed by atoms with E-state index < -0.39 is 23.9 Å². The van der Waals surface area contributed by atoms with Gasteiger partial charge in [-0.05, 0) is 14.8 Å². The molecule has 0 heterocycles. The van der Waals surface area contributed by atoms with Crippen molar-refractivity contribution < 1.29 is 38.1 Å². The third-order valence-electron chi connectivity index (χ3n) is 1.48. The molecule has 0 N–H and O–H groups in total. The van der Waals surface area contributed by atoms with E-state index in [-0.39, 0.29) is 19.8 Å². The van der Waals surface area contributed by atoms with Crippen LogP contribution in [0.5, 0.6) is 0 Å². The zero-order valence-corrected chi connectivity index (χ0v) is 16.5. The maximum atomic E-state index is 10.6. The van der Waals surface area contributed by atoms with Gasteiger partial charge in [-0.2, -0.15) is 0 Å². The number of carbonyl (C=O) groups excluding carboxylic acids is 4. The molecule has 0 rings (SSSR count). The molecule has 126 valence electrons. The van der Waals surface area contributed by atoms with Crippen LogP contribution in [0, 0.1) is 19.7 Å². The predicted octanol–water partition coefficient (Wildman–Crippen LogP) is 0.587. The minimum atomic E-state index is -1.02. The Labute approximate surface area is 160 Å². The van der Waals surface area contributed by atoms with Gasteiger partial charge in [0.05, 0.1) is 13.7 Å². The number of halogens is 2. The van der Waals surface area contributed by atoms with Crippen molar-refractivity contribution in [1.82, 2.24) is 0 Å². The van der Waals surface area contributed by atoms with Crippen LogP contribution in [-0.4, -0.2) is 50.8 Å². The lowest BCUT2D eigenvalue weighted by atomic mass is 10.6. The van der Waals surface area contributed by atoms with E-state index in [2.05, 4.69) is 38.6 Å². The normalized spacial score (nSPS) is 7.65. The van der Waals surface area contributed by atoms with Gasteiger partial charge in [0.2, 0.25) is 0 Å². The first-order valence-electron chi connectivity index (χ1n) is 5.70. The number of methoxy groups -OCH3 is 1. The van der Waals surface area contributed by atoms with Crippen molar-refractivity contribution in [3.05, 3.63) is 0 Å². The SMILES string of the molecule is CCOC(=O)C(=O)OCC#CI.COC(=O)C(=O)OCC#CI. The summed E-state index contributed by atoms with van der Waals surface area (Å²) in [5, 5.41) is 0. The Bertz CT molecular complexity index is 536. The Balaban J connectivity index is 0. The second-order valence-electron chi connectivity index (χ2n) is 2.91. The maximum Gasteiger partial charge on any atom is 0.418 e. The summed E-state index contributed by atoms with van der Waals surface area (Å²) in [5.41, 5.74) is 0. The van der Waals surface area contributed by atoms with Gasteiger partial charge < -0.3 is 18.9 Å². The van der Waals surface area contributed by atoms with Crippen LogP contribution in [0.15, 0.2) is 0 Å². The Morgan fingerprint density at radius 1 is 0.783 bits per heavy atom. The lowest BCUT2D eigenvalue weighted by Gasteiger charge is -1.99. The predicted molar refractivity (Wildman–Crippen MR) is 94.2 cm³/mol. The molecule has 0 amide bonds. The van der Waals surface area contributed by atoms with E-state index >= 15 is 0 Å². The zero-order valence-electron chi connectivity index (χ0n) is 12.1. The van der Waals surface area contributed by atoms with Gasteiger partial charge >= 0.3 is 23.9 Å². The van der Waals surface area contributed by atoms with Crippen molar-refractivity contribution in [2.75, 3.05) is 26.9 Å². The van der Waals surface area contributed by atoms with Gasteiger partial charge in [0.25, 0.3) is 0 Å². The van der Waals surface area contributed by atoms with Gasteiger partial charge in [-0.3, -0.25) is 0 Å². The molecule has 0 aromatic rings. The molecule has 8 nitrogen and oxygen atoms in total. The molecule has 0 aliphatic rings. The van der Waals surface area contributed by atoms with E-state index in [1.165, 1.54) is 0 Å². The van der Waals surface area contributed by atoms with Crippen LogP contribution >= 0.6 is 45.2 Å². The second kappa shape index (κ2) is 16.8. The van der Waals surface area contributed by atoms with Gasteiger partial charge in [-0.1, -0.05) is 11.8 Å². The van der Waals surface area contributed by atoms with Crippen LogP contribution < -0.4 is 0 Å². The summed E-state index contributed by atoms with van der Waals surface area (Å²) in [5.74, 6) is 0.888. The summed E-state index contributed by atoms with van der Waals surface area (Å²) in [6.07, 6.45) is 0. The Kier molecular flexibility index (Phi) is 17.4. The molecule has 0 radical (unpaired) electrons. The maximum absolute atomic E-state index is 10.6. The van der Waals surface area contributed by atoms with Gasteiger partial charge in [-0.15, -0.1) is 0 Å². The molecule has 0 atom stereocenters. The Morgan fingerprint density at radius 3 is 1.52 bits per heavy atom. The number of rotatable bonds is 3. The number of ether oxygens (including phenoxy) is 4. The summed E-state index contributed by atoms with van der Waals surface area (Å²) in [4.78, 5) is 42.1. The minimum absolute atomic E-state index is 0.0828. The first kappa shape index (κ1) is 23.7. The molecule has 0 aliphatic carbocycles. The monoisotopic (exact) mass is 550 g/mol. The molecule has 0 aromatic heterocycles. The molecule has 0 fully saturated rings. The fourth-order valence-corrected chi connectivity index (χ4v) is 0.960. The smallest absolute Gasteiger partial charge is 0.418 e. The fraction of sp³-hybridized carbons (Fsp3) is 0.385. The largest absolute Gasteiger partial charge is 0.461 e. The highest BCUT2D eigenvalue weighted by molar-refractivity contribution is 14.1. The van der Waals surface area contributed by atoms with E-state index in [9.17, 15) is 19.2 Å². The summed E-state index contributed by atoms with van der Waals surface area (Å²) in [7, 11) is 1.10. The van der Waals surface area contributed by atoms with E-state index in [1.807, 2.05) is 0 Å². The van der Waals surface area contributed by atoms with Crippen LogP contribution in [0.4, 0.5) is 0 Å². The van der Waals surface area contributed by atoms with E-state index in [4.69, 9.17) is 0 Å². The van der Waals surface area contributed by atoms with Crippen LogP contribution in [0.2, 0.25) is 0 Å². The quantitative estimate of drug-likeness (QED) is 0.166. The van der Waals surface area contributed by atoms with Crippen LogP contribution in [-0.2, 0) is 38.1 Å². The van der Waals surface area contributed by atoms with E-state index in [0.717, 1.165) is 7.11 Å². The lowest BCUT2D eigenvalue weighted by molar-refractivity contribution is -0.166. The molecular formula is C13H12I2O8.